The van der Waals surface area contributed by atoms with Crippen molar-refractivity contribution < 1.29 is 18.0 Å². The summed E-state index contributed by atoms with van der Waals surface area (Å²) in [6.45, 7) is 5.26. The number of nitrogens with one attached hydrogen (secondary N) is 1. The van der Waals surface area contributed by atoms with E-state index in [1.165, 1.54) is 6.07 Å². The monoisotopic (exact) mass is 314 g/mol. The molecule has 0 unspecified atom stereocenters. The number of rotatable bonds is 4. The number of carbonyl (C=O) groups is 1. The smallest absolute Gasteiger partial charge is 0.287 e. The van der Waals surface area contributed by atoms with Crippen LogP contribution in [0, 0.1) is 0 Å². The summed E-state index contributed by atoms with van der Waals surface area (Å²) >= 11 is 0. The minimum atomic E-state index is -4.47. The molecule has 122 valence electrons. The minimum Gasteiger partial charge on any atom is -0.287 e. The second kappa shape index (κ2) is 5.91. The molecule has 2 rings (SSSR count). The van der Waals surface area contributed by atoms with Crippen LogP contribution in [-0.4, -0.2) is 22.6 Å². The van der Waals surface area contributed by atoms with Gasteiger partial charge in [0.25, 0.3) is 0 Å². The highest BCUT2D eigenvalue weighted by atomic mass is 19.4. The molecule has 0 aliphatic carbocycles. The standard InChI is InChI=1S/C16H21F3N2O/c1-4-6-11-7-5-8-12(9-11)14(16(17,18)19)21-15(2,3)10-13(22)20-21/h5,7-9,14H,4,6,10H2,1-3H3,(H,20,22)/t14-/m0/s1. The molecule has 0 saturated carbocycles. The number of hydrogen-bond donors (Lipinski definition) is 1. The van der Waals surface area contributed by atoms with Gasteiger partial charge < -0.3 is 0 Å². The summed E-state index contributed by atoms with van der Waals surface area (Å²) in [5.41, 5.74) is 2.52. The van der Waals surface area contributed by atoms with Gasteiger partial charge in [-0.2, -0.15) is 18.2 Å². The van der Waals surface area contributed by atoms with E-state index in [4.69, 9.17) is 0 Å². The molecule has 6 heteroatoms. The highest BCUT2D eigenvalue weighted by molar-refractivity contribution is 5.79. The lowest BCUT2D eigenvalue weighted by atomic mass is 9.95. The fraction of sp³-hybridized carbons (Fsp3) is 0.562. The maximum Gasteiger partial charge on any atom is 0.409 e. The van der Waals surface area contributed by atoms with Crippen LogP contribution in [0.1, 0.15) is 50.8 Å². The molecule has 1 fully saturated rings. The molecule has 1 aromatic rings. The van der Waals surface area contributed by atoms with Gasteiger partial charge in [-0.25, -0.2) is 0 Å². The Morgan fingerprint density at radius 2 is 2.05 bits per heavy atom. The summed E-state index contributed by atoms with van der Waals surface area (Å²) in [6, 6.07) is 4.68. The van der Waals surface area contributed by atoms with E-state index in [1.807, 2.05) is 13.0 Å². The SMILES string of the molecule is CCCc1cccc([C@H](N2NC(=O)CC2(C)C)C(F)(F)F)c1. The predicted molar refractivity (Wildman–Crippen MR) is 77.9 cm³/mol. The third kappa shape index (κ3) is 3.43. The van der Waals surface area contributed by atoms with Crippen molar-refractivity contribution >= 4 is 5.91 Å². The van der Waals surface area contributed by atoms with Crippen LogP contribution in [0.2, 0.25) is 0 Å². The van der Waals surface area contributed by atoms with Crippen molar-refractivity contribution in [1.82, 2.24) is 10.4 Å². The number of halogens is 3. The first-order valence-electron chi connectivity index (χ1n) is 7.39. The zero-order valence-corrected chi connectivity index (χ0v) is 13.0. The summed E-state index contributed by atoms with van der Waals surface area (Å²) < 4.78 is 41.0. The summed E-state index contributed by atoms with van der Waals surface area (Å²) in [6.07, 6.45) is -2.83. The summed E-state index contributed by atoms with van der Waals surface area (Å²) in [4.78, 5) is 11.6. The maximum atomic E-state index is 13.7. The molecular formula is C16H21F3N2O. The Hall–Kier alpha value is -1.56. The Kier molecular flexibility index (Phi) is 4.52. The molecule has 0 radical (unpaired) electrons. The first kappa shape index (κ1) is 16.8. The van der Waals surface area contributed by atoms with Gasteiger partial charge in [0.05, 0.1) is 0 Å². The van der Waals surface area contributed by atoms with E-state index in [9.17, 15) is 18.0 Å². The van der Waals surface area contributed by atoms with Crippen LogP contribution in [0.5, 0.6) is 0 Å². The molecule has 0 bridgehead atoms. The fourth-order valence-corrected chi connectivity index (χ4v) is 2.91. The molecule has 1 aromatic carbocycles. The number of hydrazine groups is 1. The van der Waals surface area contributed by atoms with Crippen molar-refractivity contribution in [2.45, 2.75) is 57.8 Å². The normalized spacial score (nSPS) is 20.0. The Morgan fingerprint density at radius 3 is 2.55 bits per heavy atom. The summed E-state index contributed by atoms with van der Waals surface area (Å²) in [5.74, 6) is -0.385. The number of nitrogens with zero attached hydrogens (tertiary/aromatic N) is 1. The first-order valence-corrected chi connectivity index (χ1v) is 7.39. The Labute approximate surface area is 128 Å². The molecule has 1 N–H and O–H groups in total. The van der Waals surface area contributed by atoms with E-state index < -0.39 is 17.8 Å². The highest BCUT2D eigenvalue weighted by Gasteiger charge is 2.52. The number of amides is 1. The van der Waals surface area contributed by atoms with E-state index in [1.54, 1.807) is 26.0 Å². The van der Waals surface area contributed by atoms with Crippen LogP contribution in [0.15, 0.2) is 24.3 Å². The second-order valence-electron chi connectivity index (χ2n) is 6.33. The largest absolute Gasteiger partial charge is 0.409 e. The van der Waals surface area contributed by atoms with Crippen molar-refractivity contribution in [2.75, 3.05) is 0 Å². The molecule has 1 atom stereocenters. The van der Waals surface area contributed by atoms with Gasteiger partial charge in [-0.3, -0.25) is 10.2 Å². The van der Waals surface area contributed by atoms with Crippen LogP contribution in [0.4, 0.5) is 13.2 Å². The van der Waals surface area contributed by atoms with E-state index in [0.29, 0.717) is 0 Å². The fourth-order valence-electron chi connectivity index (χ4n) is 2.91. The second-order valence-corrected chi connectivity index (χ2v) is 6.33. The summed E-state index contributed by atoms with van der Waals surface area (Å²) in [7, 11) is 0. The molecule has 0 spiro atoms. The third-order valence-electron chi connectivity index (χ3n) is 3.86. The van der Waals surface area contributed by atoms with E-state index in [-0.39, 0.29) is 17.9 Å². The number of hydrogen-bond acceptors (Lipinski definition) is 2. The van der Waals surface area contributed by atoms with Crippen LogP contribution >= 0.6 is 0 Å². The number of alkyl halides is 3. The summed E-state index contributed by atoms with van der Waals surface area (Å²) in [5, 5.41) is 1.04. The Balaban J connectivity index is 2.43. The van der Waals surface area contributed by atoms with E-state index in [2.05, 4.69) is 5.43 Å². The lowest BCUT2D eigenvalue weighted by molar-refractivity contribution is -0.203. The van der Waals surface area contributed by atoms with Gasteiger partial charge in [0, 0.05) is 12.0 Å². The number of benzene rings is 1. The molecule has 1 amide bonds. The van der Waals surface area contributed by atoms with Gasteiger partial charge in [-0.15, -0.1) is 0 Å². The topological polar surface area (TPSA) is 32.3 Å². The van der Waals surface area contributed by atoms with Gasteiger partial charge in [0.2, 0.25) is 5.91 Å². The van der Waals surface area contributed by atoms with Crippen LogP contribution in [0.3, 0.4) is 0 Å². The van der Waals surface area contributed by atoms with Crippen molar-refractivity contribution in [1.29, 1.82) is 0 Å². The zero-order chi connectivity index (χ0) is 16.5. The zero-order valence-electron chi connectivity index (χ0n) is 13.0. The third-order valence-corrected chi connectivity index (χ3v) is 3.86. The molecule has 1 aliphatic heterocycles. The van der Waals surface area contributed by atoms with Crippen LogP contribution in [0.25, 0.3) is 0 Å². The van der Waals surface area contributed by atoms with E-state index in [0.717, 1.165) is 23.4 Å². The average Bonchev–Trinajstić information content (AvgIpc) is 2.62. The molecule has 1 heterocycles. The molecule has 1 aliphatic rings. The van der Waals surface area contributed by atoms with E-state index >= 15 is 0 Å². The van der Waals surface area contributed by atoms with Crippen LogP contribution in [-0.2, 0) is 11.2 Å². The van der Waals surface area contributed by atoms with Crippen molar-refractivity contribution in [2.24, 2.45) is 0 Å². The molecule has 3 nitrogen and oxygen atoms in total. The van der Waals surface area contributed by atoms with Gasteiger partial charge >= 0.3 is 6.18 Å². The lowest BCUT2D eigenvalue weighted by Gasteiger charge is -2.38. The number of aryl methyl sites for hydroxylation is 1. The van der Waals surface area contributed by atoms with Crippen LogP contribution < -0.4 is 5.43 Å². The Morgan fingerprint density at radius 1 is 1.36 bits per heavy atom. The van der Waals surface area contributed by atoms with Crippen molar-refractivity contribution in [3.8, 4) is 0 Å². The van der Waals surface area contributed by atoms with Gasteiger partial charge in [0.15, 0.2) is 6.04 Å². The number of carbonyl (C=O) groups excluding carboxylic acids is 1. The molecule has 22 heavy (non-hydrogen) atoms. The predicted octanol–water partition coefficient (Wildman–Crippen LogP) is 3.76. The van der Waals surface area contributed by atoms with Gasteiger partial charge in [0.1, 0.15) is 0 Å². The lowest BCUT2D eigenvalue weighted by Crippen LogP contribution is -2.51. The van der Waals surface area contributed by atoms with Gasteiger partial charge in [-0.05, 0) is 31.4 Å². The van der Waals surface area contributed by atoms with Crippen molar-refractivity contribution in [3.05, 3.63) is 35.4 Å². The first-order chi connectivity index (χ1) is 10.1. The minimum absolute atomic E-state index is 0.0498. The molecule has 0 aromatic heterocycles. The molecule has 1 saturated heterocycles. The average molecular weight is 314 g/mol. The quantitative estimate of drug-likeness (QED) is 0.918. The molecular weight excluding hydrogens is 293 g/mol. The van der Waals surface area contributed by atoms with Gasteiger partial charge in [-0.1, -0.05) is 37.6 Å². The highest BCUT2D eigenvalue weighted by Crippen LogP contribution is 2.42. The maximum absolute atomic E-state index is 13.7. The van der Waals surface area contributed by atoms with Crippen molar-refractivity contribution in [3.63, 3.8) is 0 Å². The Bertz CT molecular complexity index is 555.